The van der Waals surface area contributed by atoms with Crippen LogP contribution in [0, 0.1) is 56.7 Å². The highest BCUT2D eigenvalue weighted by molar-refractivity contribution is 5.66. The average Bonchev–Trinajstić information content (AvgIpc) is 2.74. The van der Waals surface area contributed by atoms with Gasteiger partial charge >= 0.3 is 5.97 Å². The summed E-state index contributed by atoms with van der Waals surface area (Å²) in [5, 5.41) is 0. The third-order valence-electron chi connectivity index (χ3n) is 13.6. The lowest BCUT2D eigenvalue weighted by atomic mass is 9.33. The molecule has 5 rings (SSSR count). The van der Waals surface area contributed by atoms with E-state index in [4.69, 9.17) is 4.74 Å². The van der Waals surface area contributed by atoms with E-state index < -0.39 is 0 Å². The maximum atomic E-state index is 11.9. The van der Waals surface area contributed by atoms with Crippen molar-refractivity contribution in [2.24, 2.45) is 56.7 Å². The lowest BCUT2D eigenvalue weighted by Gasteiger charge is -2.71. The molecule has 10 atom stereocenters. The molecule has 0 amide bonds. The summed E-state index contributed by atoms with van der Waals surface area (Å²) in [6, 6.07) is 0. The normalized spacial score (nSPS) is 54.0. The summed E-state index contributed by atoms with van der Waals surface area (Å²) in [5.74, 6) is 3.66. The van der Waals surface area contributed by atoms with Gasteiger partial charge in [0.2, 0.25) is 0 Å². The van der Waals surface area contributed by atoms with Gasteiger partial charge in [0, 0.05) is 12.3 Å². The molecule has 0 unspecified atom stereocenters. The molecule has 0 radical (unpaired) electrons. The van der Waals surface area contributed by atoms with E-state index >= 15 is 0 Å². The topological polar surface area (TPSA) is 26.3 Å². The van der Waals surface area contributed by atoms with E-state index in [-0.39, 0.29) is 17.5 Å². The fourth-order valence-electron chi connectivity index (χ4n) is 11.2. The van der Waals surface area contributed by atoms with Crippen molar-refractivity contribution in [1.29, 1.82) is 0 Å². The quantitative estimate of drug-likeness (QED) is 0.284. The Balaban J connectivity index is 1.54. The van der Waals surface area contributed by atoms with Gasteiger partial charge in [0.1, 0.15) is 6.10 Å². The van der Waals surface area contributed by atoms with Crippen LogP contribution in [-0.2, 0) is 9.53 Å². The molecule has 0 aromatic rings. The van der Waals surface area contributed by atoms with Gasteiger partial charge in [-0.3, -0.25) is 4.79 Å². The number of hydrogen-bond acceptors (Lipinski definition) is 2. The number of allylic oxidation sites excluding steroid dienone is 2. The molecule has 34 heavy (non-hydrogen) atoms. The van der Waals surface area contributed by atoms with Gasteiger partial charge in [-0.05, 0) is 109 Å². The summed E-state index contributed by atoms with van der Waals surface area (Å²) in [5.41, 5.74) is 3.44. The van der Waals surface area contributed by atoms with Crippen molar-refractivity contribution >= 4 is 5.97 Å². The van der Waals surface area contributed by atoms with Gasteiger partial charge in [0.25, 0.3) is 0 Å². The first-order valence-corrected chi connectivity index (χ1v) is 14.6. The maximum Gasteiger partial charge on any atom is 0.302 e. The Hall–Kier alpha value is -0.790. The molecule has 4 saturated carbocycles. The Morgan fingerprint density at radius 2 is 1.59 bits per heavy atom. The van der Waals surface area contributed by atoms with Crippen molar-refractivity contribution in [3.8, 4) is 0 Å². The van der Waals surface area contributed by atoms with Crippen LogP contribution in [0.2, 0.25) is 0 Å². The lowest BCUT2D eigenvalue weighted by molar-refractivity contribution is -0.212. The van der Waals surface area contributed by atoms with Crippen molar-refractivity contribution in [3.05, 3.63) is 11.6 Å². The molecular formula is C32H52O2. The Morgan fingerprint density at radius 3 is 2.26 bits per heavy atom. The van der Waals surface area contributed by atoms with Crippen LogP contribution in [0.4, 0.5) is 0 Å². The molecule has 0 aromatic carbocycles. The molecule has 0 N–H and O–H groups in total. The molecular weight excluding hydrogens is 416 g/mol. The van der Waals surface area contributed by atoms with E-state index in [1.165, 1.54) is 51.4 Å². The molecule has 0 heterocycles. The fraction of sp³-hybridized carbons (Fsp3) is 0.906. The number of carbonyl (C=O) groups excluding carboxylic acids is 1. The summed E-state index contributed by atoms with van der Waals surface area (Å²) in [6.45, 7) is 22.1. The molecule has 0 spiro atoms. The molecule has 2 nitrogen and oxygen atoms in total. The predicted molar refractivity (Wildman–Crippen MR) is 140 cm³/mol. The smallest absolute Gasteiger partial charge is 0.302 e. The second-order valence-electron chi connectivity index (χ2n) is 15.3. The zero-order valence-corrected chi connectivity index (χ0v) is 23.7. The number of ether oxygens (including phenoxy) is 1. The summed E-state index contributed by atoms with van der Waals surface area (Å²) in [7, 11) is 0. The van der Waals surface area contributed by atoms with Gasteiger partial charge in [0.15, 0.2) is 0 Å². The minimum Gasteiger partial charge on any atom is -0.462 e. The van der Waals surface area contributed by atoms with Crippen molar-refractivity contribution in [2.45, 2.75) is 126 Å². The molecule has 192 valence electrons. The molecule has 0 saturated heterocycles. The molecule has 5 aliphatic carbocycles. The van der Waals surface area contributed by atoms with E-state index in [1.54, 1.807) is 6.92 Å². The van der Waals surface area contributed by atoms with Crippen molar-refractivity contribution in [2.75, 3.05) is 0 Å². The minimum atomic E-state index is -0.110. The van der Waals surface area contributed by atoms with Crippen molar-refractivity contribution in [1.82, 2.24) is 0 Å². The average molecular weight is 469 g/mol. The molecule has 2 heteroatoms. The van der Waals surface area contributed by atoms with Crippen LogP contribution in [0.15, 0.2) is 11.6 Å². The van der Waals surface area contributed by atoms with Crippen LogP contribution in [0.3, 0.4) is 0 Å². The Morgan fingerprint density at radius 1 is 0.882 bits per heavy atom. The minimum absolute atomic E-state index is 0.0450. The van der Waals surface area contributed by atoms with Crippen LogP contribution < -0.4 is 0 Å². The number of fused-ring (bicyclic) bond motifs is 7. The van der Waals surface area contributed by atoms with Gasteiger partial charge in [-0.15, -0.1) is 0 Å². The second kappa shape index (κ2) is 7.61. The first kappa shape index (κ1) is 24.9. The van der Waals surface area contributed by atoms with Crippen LogP contribution in [0.1, 0.15) is 120 Å². The summed E-state index contributed by atoms with van der Waals surface area (Å²) < 4.78 is 5.91. The van der Waals surface area contributed by atoms with E-state index in [1.807, 2.05) is 5.57 Å². The zero-order chi connectivity index (χ0) is 24.9. The molecule has 0 bridgehead atoms. The second-order valence-corrected chi connectivity index (χ2v) is 15.3. The lowest BCUT2D eigenvalue weighted by Crippen LogP contribution is -2.65. The number of esters is 1. The molecule has 0 aliphatic heterocycles. The molecule has 5 aliphatic rings. The summed E-state index contributed by atoms with van der Waals surface area (Å²) >= 11 is 0. The highest BCUT2D eigenvalue weighted by Crippen LogP contribution is 2.75. The van der Waals surface area contributed by atoms with Crippen molar-refractivity contribution < 1.29 is 9.53 Å². The zero-order valence-electron chi connectivity index (χ0n) is 23.7. The number of carbonyl (C=O) groups is 1. The van der Waals surface area contributed by atoms with Gasteiger partial charge in [-0.25, -0.2) is 0 Å². The van der Waals surface area contributed by atoms with Crippen LogP contribution in [0.5, 0.6) is 0 Å². The summed E-state index contributed by atoms with van der Waals surface area (Å²) in [6.07, 6.45) is 14.6. The van der Waals surface area contributed by atoms with Gasteiger partial charge in [-0.1, -0.05) is 67.0 Å². The maximum absolute atomic E-state index is 11.9. The number of hydrogen-bond donors (Lipinski definition) is 0. The van der Waals surface area contributed by atoms with Gasteiger partial charge in [0.05, 0.1) is 0 Å². The third-order valence-corrected chi connectivity index (χ3v) is 13.6. The van der Waals surface area contributed by atoms with E-state index in [0.29, 0.717) is 27.6 Å². The highest BCUT2D eigenvalue weighted by Gasteiger charge is 2.68. The summed E-state index contributed by atoms with van der Waals surface area (Å²) in [4.78, 5) is 11.9. The fourth-order valence-corrected chi connectivity index (χ4v) is 11.2. The Labute approximate surface area is 210 Å². The number of rotatable bonds is 1. The predicted octanol–water partition coefficient (Wildman–Crippen LogP) is 8.60. The largest absolute Gasteiger partial charge is 0.462 e. The van der Waals surface area contributed by atoms with E-state index in [0.717, 1.165) is 30.1 Å². The van der Waals surface area contributed by atoms with Crippen LogP contribution in [-0.4, -0.2) is 12.1 Å². The Bertz CT molecular complexity index is 885. The standard InChI is InChI=1S/C32H52O2/c1-20-12-15-29(6)18-19-31(8)23(27(29)21(20)2)10-11-25-30(7)16-14-26(34-22(3)33)28(4,5)24(30)13-17-32(25,31)9/h10,20-21,24-27H,11-19H2,1-9H3/t20-,21-,24-,25-,26+,27+,29+,30-,31-,32+/m0/s1. The Kier molecular flexibility index (Phi) is 5.57. The van der Waals surface area contributed by atoms with Gasteiger partial charge < -0.3 is 4.74 Å². The third kappa shape index (κ3) is 3.08. The van der Waals surface area contributed by atoms with Crippen LogP contribution >= 0.6 is 0 Å². The van der Waals surface area contributed by atoms with E-state index in [9.17, 15) is 4.79 Å². The monoisotopic (exact) mass is 468 g/mol. The highest BCUT2D eigenvalue weighted by atomic mass is 16.5. The first-order chi connectivity index (χ1) is 15.7. The molecule has 4 fully saturated rings. The SMILES string of the molecule is CC(=O)O[C@@H]1CC[C@@]2(C)[C@@H](CC[C@]3(C)[C@H]2CC=C2[C@H]4[C@@H](C)[C@@H](C)CC[C@]4(C)CC[C@@]23C)C1(C)C. The first-order valence-electron chi connectivity index (χ1n) is 14.6. The van der Waals surface area contributed by atoms with Crippen LogP contribution in [0.25, 0.3) is 0 Å². The molecule has 0 aromatic heterocycles. The van der Waals surface area contributed by atoms with E-state index in [2.05, 4.69) is 61.5 Å². The van der Waals surface area contributed by atoms with Crippen molar-refractivity contribution in [3.63, 3.8) is 0 Å². The van der Waals surface area contributed by atoms with Gasteiger partial charge in [-0.2, -0.15) is 0 Å².